The SMILES string of the molecule is CCC1(C)CN(C2CCOC2)C(CC(C)C)CN1. The van der Waals surface area contributed by atoms with Gasteiger partial charge in [0.05, 0.1) is 6.61 Å². The first-order chi connectivity index (χ1) is 8.54. The Kier molecular flexibility index (Phi) is 4.68. The lowest BCUT2D eigenvalue weighted by Crippen LogP contribution is -2.65. The third kappa shape index (κ3) is 3.25. The normalized spacial score (nSPS) is 38.5. The van der Waals surface area contributed by atoms with Gasteiger partial charge in [0.25, 0.3) is 0 Å². The topological polar surface area (TPSA) is 24.5 Å². The second-order valence-electron chi connectivity index (χ2n) is 6.77. The largest absolute Gasteiger partial charge is 0.380 e. The van der Waals surface area contributed by atoms with E-state index < -0.39 is 0 Å². The Balaban J connectivity index is 2.05. The second-order valence-corrected chi connectivity index (χ2v) is 6.77. The Morgan fingerprint density at radius 1 is 1.44 bits per heavy atom. The maximum atomic E-state index is 5.60. The summed E-state index contributed by atoms with van der Waals surface area (Å²) in [4.78, 5) is 2.74. The molecule has 0 aromatic heterocycles. The van der Waals surface area contributed by atoms with E-state index in [0.29, 0.717) is 12.1 Å². The fourth-order valence-electron chi connectivity index (χ4n) is 3.28. The Morgan fingerprint density at radius 2 is 2.22 bits per heavy atom. The average molecular weight is 254 g/mol. The average Bonchev–Trinajstić information content (AvgIpc) is 2.85. The molecule has 0 saturated carbocycles. The van der Waals surface area contributed by atoms with Crippen LogP contribution < -0.4 is 5.32 Å². The van der Waals surface area contributed by atoms with Crippen molar-refractivity contribution in [3.8, 4) is 0 Å². The number of hydrogen-bond acceptors (Lipinski definition) is 3. The van der Waals surface area contributed by atoms with Gasteiger partial charge >= 0.3 is 0 Å². The Labute approximate surface area is 112 Å². The number of ether oxygens (including phenoxy) is 1. The van der Waals surface area contributed by atoms with Crippen molar-refractivity contribution in [2.24, 2.45) is 5.92 Å². The van der Waals surface area contributed by atoms with Crippen LogP contribution in [0.5, 0.6) is 0 Å². The highest BCUT2D eigenvalue weighted by Gasteiger charge is 2.39. The van der Waals surface area contributed by atoms with Crippen molar-refractivity contribution in [2.75, 3.05) is 26.3 Å². The van der Waals surface area contributed by atoms with Crippen molar-refractivity contribution in [1.29, 1.82) is 0 Å². The van der Waals surface area contributed by atoms with Gasteiger partial charge in [0.2, 0.25) is 0 Å². The molecule has 2 rings (SSSR count). The number of nitrogens with zero attached hydrogens (tertiary/aromatic N) is 1. The number of nitrogens with one attached hydrogen (secondary N) is 1. The molecular formula is C15H30N2O. The molecule has 0 aromatic rings. The standard InChI is InChI=1S/C15H30N2O/c1-5-15(4)11-17(13-6-7-18-10-13)14(9-16-15)8-12(2)3/h12-14,16H,5-11H2,1-4H3. The van der Waals surface area contributed by atoms with Crippen LogP contribution in [0, 0.1) is 5.92 Å². The molecule has 1 N–H and O–H groups in total. The monoisotopic (exact) mass is 254 g/mol. The minimum Gasteiger partial charge on any atom is -0.380 e. The summed E-state index contributed by atoms with van der Waals surface area (Å²) in [5.74, 6) is 0.771. The molecule has 2 heterocycles. The van der Waals surface area contributed by atoms with E-state index in [2.05, 4.69) is 37.9 Å². The number of rotatable bonds is 4. The zero-order valence-corrected chi connectivity index (χ0v) is 12.5. The van der Waals surface area contributed by atoms with Crippen molar-refractivity contribution in [3.63, 3.8) is 0 Å². The third-order valence-corrected chi connectivity index (χ3v) is 4.66. The van der Waals surface area contributed by atoms with Crippen molar-refractivity contribution in [2.45, 2.75) is 64.6 Å². The first-order valence-electron chi connectivity index (χ1n) is 7.62. The molecule has 2 saturated heterocycles. The summed E-state index contributed by atoms with van der Waals surface area (Å²) in [5, 5.41) is 3.77. The molecule has 3 unspecified atom stereocenters. The smallest absolute Gasteiger partial charge is 0.0622 e. The minimum absolute atomic E-state index is 0.288. The first-order valence-corrected chi connectivity index (χ1v) is 7.62. The lowest BCUT2D eigenvalue weighted by Gasteiger charge is -2.48. The van der Waals surface area contributed by atoms with Crippen LogP contribution >= 0.6 is 0 Å². The maximum absolute atomic E-state index is 5.60. The Morgan fingerprint density at radius 3 is 2.78 bits per heavy atom. The molecule has 0 aromatic carbocycles. The van der Waals surface area contributed by atoms with Gasteiger partial charge < -0.3 is 10.1 Å². The molecule has 2 fully saturated rings. The Bertz CT molecular complexity index is 263. The van der Waals surface area contributed by atoms with Gasteiger partial charge in [0.1, 0.15) is 0 Å². The highest BCUT2D eigenvalue weighted by Crippen LogP contribution is 2.27. The minimum atomic E-state index is 0.288. The van der Waals surface area contributed by atoms with Crippen molar-refractivity contribution >= 4 is 0 Å². The molecule has 0 spiro atoms. The molecule has 3 atom stereocenters. The maximum Gasteiger partial charge on any atom is 0.0622 e. The summed E-state index contributed by atoms with van der Waals surface area (Å²) >= 11 is 0. The van der Waals surface area contributed by atoms with Gasteiger partial charge in [0, 0.05) is 37.3 Å². The van der Waals surface area contributed by atoms with E-state index in [1.807, 2.05) is 0 Å². The molecule has 18 heavy (non-hydrogen) atoms. The van der Waals surface area contributed by atoms with E-state index >= 15 is 0 Å². The van der Waals surface area contributed by atoms with E-state index in [9.17, 15) is 0 Å². The second kappa shape index (κ2) is 5.89. The van der Waals surface area contributed by atoms with Crippen molar-refractivity contribution in [3.05, 3.63) is 0 Å². The molecule has 3 nitrogen and oxygen atoms in total. The summed E-state index contributed by atoms with van der Waals surface area (Å²) in [6.07, 6.45) is 3.71. The van der Waals surface area contributed by atoms with Crippen LogP contribution in [0.25, 0.3) is 0 Å². The van der Waals surface area contributed by atoms with E-state index in [-0.39, 0.29) is 5.54 Å². The lowest BCUT2D eigenvalue weighted by atomic mass is 9.89. The highest BCUT2D eigenvalue weighted by atomic mass is 16.5. The fourth-order valence-corrected chi connectivity index (χ4v) is 3.28. The van der Waals surface area contributed by atoms with Gasteiger partial charge in [-0.1, -0.05) is 20.8 Å². The van der Waals surface area contributed by atoms with Crippen LogP contribution in [0.1, 0.15) is 47.0 Å². The van der Waals surface area contributed by atoms with Gasteiger partial charge in [-0.15, -0.1) is 0 Å². The van der Waals surface area contributed by atoms with Crippen LogP contribution in [-0.4, -0.2) is 48.8 Å². The molecule has 106 valence electrons. The van der Waals surface area contributed by atoms with Gasteiger partial charge in [0.15, 0.2) is 0 Å². The predicted molar refractivity (Wildman–Crippen MR) is 75.9 cm³/mol. The molecule has 0 radical (unpaired) electrons. The van der Waals surface area contributed by atoms with Crippen LogP contribution in [0.4, 0.5) is 0 Å². The van der Waals surface area contributed by atoms with Crippen molar-refractivity contribution in [1.82, 2.24) is 10.2 Å². The zero-order valence-electron chi connectivity index (χ0n) is 12.5. The molecule has 2 aliphatic heterocycles. The van der Waals surface area contributed by atoms with Crippen LogP contribution in [-0.2, 0) is 4.74 Å². The Hall–Kier alpha value is -0.120. The highest BCUT2D eigenvalue weighted by molar-refractivity contribution is 4.97. The molecule has 2 aliphatic rings. The summed E-state index contributed by atoms with van der Waals surface area (Å²) in [7, 11) is 0. The number of hydrogen-bond donors (Lipinski definition) is 1. The summed E-state index contributed by atoms with van der Waals surface area (Å²) in [6, 6.07) is 1.35. The van der Waals surface area contributed by atoms with E-state index in [1.54, 1.807) is 0 Å². The van der Waals surface area contributed by atoms with E-state index in [4.69, 9.17) is 4.74 Å². The van der Waals surface area contributed by atoms with E-state index in [0.717, 1.165) is 25.7 Å². The van der Waals surface area contributed by atoms with Crippen LogP contribution in [0.2, 0.25) is 0 Å². The lowest BCUT2D eigenvalue weighted by molar-refractivity contribution is 0.0308. The summed E-state index contributed by atoms with van der Waals surface area (Å²) in [6.45, 7) is 13.5. The zero-order chi connectivity index (χ0) is 13.2. The van der Waals surface area contributed by atoms with E-state index in [1.165, 1.54) is 25.8 Å². The quantitative estimate of drug-likeness (QED) is 0.833. The molecule has 0 aliphatic carbocycles. The third-order valence-electron chi connectivity index (χ3n) is 4.66. The predicted octanol–water partition coefficient (Wildman–Crippen LogP) is 2.26. The first kappa shape index (κ1) is 14.3. The van der Waals surface area contributed by atoms with Crippen molar-refractivity contribution < 1.29 is 4.74 Å². The molecule has 0 bridgehead atoms. The van der Waals surface area contributed by atoms with Gasteiger partial charge in [-0.25, -0.2) is 0 Å². The van der Waals surface area contributed by atoms with Gasteiger partial charge in [-0.05, 0) is 32.1 Å². The van der Waals surface area contributed by atoms with Gasteiger partial charge in [-0.3, -0.25) is 4.90 Å². The van der Waals surface area contributed by atoms with Crippen LogP contribution in [0.3, 0.4) is 0 Å². The van der Waals surface area contributed by atoms with Gasteiger partial charge in [-0.2, -0.15) is 0 Å². The fraction of sp³-hybridized carbons (Fsp3) is 1.00. The van der Waals surface area contributed by atoms with Crippen LogP contribution in [0.15, 0.2) is 0 Å². The summed E-state index contributed by atoms with van der Waals surface area (Å²) < 4.78 is 5.60. The molecule has 3 heteroatoms. The molecular weight excluding hydrogens is 224 g/mol. The summed E-state index contributed by atoms with van der Waals surface area (Å²) in [5.41, 5.74) is 0.288. The molecule has 0 amide bonds. The number of piperazine rings is 1.